The zero-order chi connectivity index (χ0) is 45.1. The van der Waals surface area contributed by atoms with Crippen molar-refractivity contribution >= 4 is 17.9 Å². The normalized spacial score (nSPS) is 13.1. The van der Waals surface area contributed by atoms with Crippen molar-refractivity contribution in [1.82, 2.24) is 0 Å². The number of carbonyl (C=O) groups is 3. The fourth-order valence-corrected chi connectivity index (χ4v) is 6.07. The van der Waals surface area contributed by atoms with Gasteiger partial charge in [-0.3, -0.25) is 14.4 Å². The first-order valence-corrected chi connectivity index (χ1v) is 24.5. The number of ether oxygens (including phenoxy) is 3. The Morgan fingerprint density at radius 1 is 0.355 bits per heavy atom. The topological polar surface area (TPSA) is 78.9 Å². The molecular formula is C56H88O6. The lowest BCUT2D eigenvalue weighted by Crippen LogP contribution is -2.30. The number of esters is 3. The highest BCUT2D eigenvalue weighted by Crippen LogP contribution is 2.12. The second-order valence-electron chi connectivity index (χ2n) is 15.6. The SMILES string of the molecule is CC/C=C\C/C=C\C/C=C\C/C=C\C/C=C\CC(=O)OCC(COC(=O)CCCCCCC/C=C\C/C=C\CCCC)OC(=O)CCCCCCC/C=C\C/C=C\C/C=C\CC. The van der Waals surface area contributed by atoms with Crippen LogP contribution in [0.25, 0.3) is 0 Å². The van der Waals surface area contributed by atoms with Crippen molar-refractivity contribution in [3.63, 3.8) is 0 Å². The molecule has 6 heteroatoms. The highest BCUT2D eigenvalue weighted by molar-refractivity contribution is 5.72. The van der Waals surface area contributed by atoms with Gasteiger partial charge < -0.3 is 14.2 Å². The first kappa shape index (κ1) is 57.8. The fourth-order valence-electron chi connectivity index (χ4n) is 6.07. The van der Waals surface area contributed by atoms with Crippen LogP contribution in [0.4, 0.5) is 0 Å². The average molecular weight is 857 g/mol. The molecule has 0 aromatic rings. The molecule has 0 spiro atoms. The molecule has 0 radical (unpaired) electrons. The number of allylic oxidation sites excluding steroid dienone is 19. The van der Waals surface area contributed by atoms with Crippen LogP contribution in [0, 0.1) is 0 Å². The van der Waals surface area contributed by atoms with Crippen molar-refractivity contribution in [3.05, 3.63) is 122 Å². The molecule has 348 valence electrons. The summed E-state index contributed by atoms with van der Waals surface area (Å²) in [6.07, 6.45) is 67.7. The summed E-state index contributed by atoms with van der Waals surface area (Å²) < 4.78 is 16.6. The van der Waals surface area contributed by atoms with E-state index in [9.17, 15) is 14.4 Å². The molecule has 0 aromatic carbocycles. The molecule has 62 heavy (non-hydrogen) atoms. The Morgan fingerprint density at radius 2 is 0.694 bits per heavy atom. The first-order chi connectivity index (χ1) is 30.5. The van der Waals surface area contributed by atoms with Gasteiger partial charge in [0.1, 0.15) is 13.2 Å². The maximum absolute atomic E-state index is 12.8. The van der Waals surface area contributed by atoms with E-state index in [2.05, 4.69) is 130 Å². The lowest BCUT2D eigenvalue weighted by molar-refractivity contribution is -0.166. The molecule has 0 heterocycles. The summed E-state index contributed by atoms with van der Waals surface area (Å²) in [6.45, 7) is 6.23. The molecular weight excluding hydrogens is 769 g/mol. The van der Waals surface area contributed by atoms with E-state index in [-0.39, 0.29) is 38.0 Å². The van der Waals surface area contributed by atoms with Crippen molar-refractivity contribution in [2.45, 2.75) is 200 Å². The van der Waals surface area contributed by atoms with Crippen molar-refractivity contribution in [3.8, 4) is 0 Å². The van der Waals surface area contributed by atoms with Gasteiger partial charge in [-0.2, -0.15) is 0 Å². The minimum absolute atomic E-state index is 0.116. The number of unbranched alkanes of at least 4 members (excludes halogenated alkanes) is 12. The second-order valence-corrected chi connectivity index (χ2v) is 15.6. The molecule has 6 nitrogen and oxygen atoms in total. The van der Waals surface area contributed by atoms with Crippen LogP contribution in [0.5, 0.6) is 0 Å². The van der Waals surface area contributed by atoms with E-state index in [0.717, 1.165) is 135 Å². The highest BCUT2D eigenvalue weighted by atomic mass is 16.6. The van der Waals surface area contributed by atoms with E-state index in [1.165, 1.54) is 19.3 Å². The zero-order valence-corrected chi connectivity index (χ0v) is 39.6. The Hall–Kier alpha value is -4.19. The summed E-state index contributed by atoms with van der Waals surface area (Å²) in [5, 5.41) is 0. The van der Waals surface area contributed by atoms with Crippen LogP contribution in [0.1, 0.15) is 194 Å². The third-order valence-corrected chi connectivity index (χ3v) is 9.71. The molecule has 0 saturated heterocycles. The minimum atomic E-state index is -0.835. The fraction of sp³-hybridized carbons (Fsp3) is 0.589. The standard InChI is InChI=1S/C56H88O6/c1-4-7-10-13-16-19-22-25-28-31-34-37-40-43-46-49-55(58)61-52-53(51-60-54(57)48-45-42-39-36-33-30-27-24-21-18-15-12-9-6-3)62-56(59)50-47-44-41-38-35-32-29-26-23-20-17-14-11-8-5-2/h7-8,10-11,15-20,24-29,34,37,43,46,53H,4-6,9,12-14,21-23,30-33,35-36,38-42,44-45,47-52H2,1-3H3/b10-7-,11-8-,18-15-,19-16-,20-17-,27-24-,28-25-,29-26-,37-34-,46-43-. The van der Waals surface area contributed by atoms with E-state index in [1.807, 2.05) is 6.08 Å². The molecule has 0 aliphatic carbocycles. The number of rotatable bonds is 42. The van der Waals surface area contributed by atoms with Crippen molar-refractivity contribution in [2.75, 3.05) is 13.2 Å². The van der Waals surface area contributed by atoms with Crippen LogP contribution in [0.2, 0.25) is 0 Å². The molecule has 0 aliphatic rings. The zero-order valence-electron chi connectivity index (χ0n) is 39.6. The van der Waals surface area contributed by atoms with Crippen LogP contribution in [-0.2, 0) is 28.6 Å². The van der Waals surface area contributed by atoms with Gasteiger partial charge >= 0.3 is 17.9 Å². The van der Waals surface area contributed by atoms with E-state index in [0.29, 0.717) is 6.42 Å². The van der Waals surface area contributed by atoms with Gasteiger partial charge in [-0.1, -0.05) is 194 Å². The van der Waals surface area contributed by atoms with E-state index in [4.69, 9.17) is 14.2 Å². The van der Waals surface area contributed by atoms with Crippen molar-refractivity contribution < 1.29 is 28.6 Å². The maximum Gasteiger partial charge on any atom is 0.309 e. The maximum atomic E-state index is 12.8. The van der Waals surface area contributed by atoms with Gasteiger partial charge in [0.15, 0.2) is 6.10 Å². The summed E-state index contributed by atoms with van der Waals surface area (Å²) in [5.74, 6) is -1.10. The van der Waals surface area contributed by atoms with Crippen molar-refractivity contribution in [1.29, 1.82) is 0 Å². The van der Waals surface area contributed by atoms with Gasteiger partial charge in [-0.25, -0.2) is 0 Å². The Balaban J connectivity index is 4.59. The summed E-state index contributed by atoms with van der Waals surface area (Å²) in [6, 6.07) is 0. The van der Waals surface area contributed by atoms with Gasteiger partial charge in [-0.15, -0.1) is 0 Å². The third-order valence-electron chi connectivity index (χ3n) is 9.71. The van der Waals surface area contributed by atoms with Crippen molar-refractivity contribution in [2.24, 2.45) is 0 Å². The molecule has 0 N–H and O–H groups in total. The van der Waals surface area contributed by atoms with Crippen LogP contribution in [0.15, 0.2) is 122 Å². The predicted molar refractivity (Wildman–Crippen MR) is 265 cm³/mol. The average Bonchev–Trinajstić information content (AvgIpc) is 3.27. The first-order valence-electron chi connectivity index (χ1n) is 24.5. The molecule has 0 aliphatic heterocycles. The smallest absolute Gasteiger partial charge is 0.309 e. The Kier molecular flexibility index (Phi) is 46.1. The molecule has 0 amide bonds. The van der Waals surface area contributed by atoms with E-state index >= 15 is 0 Å². The van der Waals surface area contributed by atoms with Crippen LogP contribution >= 0.6 is 0 Å². The van der Waals surface area contributed by atoms with E-state index < -0.39 is 12.1 Å². The predicted octanol–water partition coefficient (Wildman–Crippen LogP) is 16.1. The molecule has 1 atom stereocenters. The van der Waals surface area contributed by atoms with E-state index in [1.54, 1.807) is 6.08 Å². The van der Waals surface area contributed by atoms with Gasteiger partial charge in [0, 0.05) is 12.8 Å². The van der Waals surface area contributed by atoms with Gasteiger partial charge in [0.05, 0.1) is 6.42 Å². The van der Waals surface area contributed by atoms with Crippen LogP contribution in [0.3, 0.4) is 0 Å². The molecule has 0 aromatic heterocycles. The Bertz CT molecular complexity index is 1350. The lowest BCUT2D eigenvalue weighted by Gasteiger charge is -2.18. The van der Waals surface area contributed by atoms with Gasteiger partial charge in [0.2, 0.25) is 0 Å². The number of hydrogen-bond donors (Lipinski definition) is 0. The summed E-state index contributed by atoms with van der Waals surface area (Å²) >= 11 is 0. The Labute approximate surface area is 380 Å². The van der Waals surface area contributed by atoms with Gasteiger partial charge in [-0.05, 0) is 103 Å². The quantitative estimate of drug-likeness (QED) is 0.0263. The molecule has 0 saturated carbocycles. The minimum Gasteiger partial charge on any atom is -0.462 e. The summed E-state index contributed by atoms with van der Waals surface area (Å²) in [4.78, 5) is 37.9. The van der Waals surface area contributed by atoms with Crippen LogP contribution < -0.4 is 0 Å². The van der Waals surface area contributed by atoms with Gasteiger partial charge in [0.25, 0.3) is 0 Å². The Morgan fingerprint density at radius 3 is 1.13 bits per heavy atom. The third kappa shape index (κ3) is 46.9. The number of carbonyl (C=O) groups excluding carboxylic acids is 3. The summed E-state index contributed by atoms with van der Waals surface area (Å²) in [7, 11) is 0. The molecule has 0 fully saturated rings. The molecule has 0 rings (SSSR count). The monoisotopic (exact) mass is 857 g/mol. The van der Waals surface area contributed by atoms with Crippen LogP contribution in [-0.4, -0.2) is 37.2 Å². The lowest BCUT2D eigenvalue weighted by atomic mass is 10.1. The highest BCUT2D eigenvalue weighted by Gasteiger charge is 2.19. The molecule has 1 unspecified atom stereocenters. The number of hydrogen-bond acceptors (Lipinski definition) is 6. The summed E-state index contributed by atoms with van der Waals surface area (Å²) in [5.41, 5.74) is 0. The molecule has 0 bridgehead atoms. The largest absolute Gasteiger partial charge is 0.462 e. The second kappa shape index (κ2) is 49.5.